The van der Waals surface area contributed by atoms with E-state index >= 15 is 0 Å². The van der Waals surface area contributed by atoms with Gasteiger partial charge in [0.15, 0.2) is 5.03 Å². The third-order valence-electron chi connectivity index (χ3n) is 3.95. The molecule has 0 amide bonds. The van der Waals surface area contributed by atoms with Gasteiger partial charge in [-0.3, -0.25) is 4.72 Å². The molecule has 0 atom stereocenters. The number of benzene rings is 1. The van der Waals surface area contributed by atoms with Gasteiger partial charge in [-0.15, -0.1) is 0 Å². The second-order valence-corrected chi connectivity index (χ2v) is 7.94. The van der Waals surface area contributed by atoms with Crippen LogP contribution >= 0.6 is 0 Å². The minimum Gasteiger partial charge on any atom is -0.340 e. The molecule has 3 N–H and O–H groups in total. The number of hydrogen-bond acceptors (Lipinski definition) is 8. The number of sulfonamides is 1. The zero-order valence-electron chi connectivity index (χ0n) is 15.9. The minimum absolute atomic E-state index is 0.0406. The van der Waals surface area contributed by atoms with E-state index in [9.17, 15) is 8.42 Å². The van der Waals surface area contributed by atoms with Crippen LogP contribution in [0.1, 0.15) is 0 Å². The number of pyridine rings is 1. The van der Waals surface area contributed by atoms with E-state index in [-0.39, 0.29) is 5.03 Å². The number of nitrogens with zero attached hydrogens (tertiary/aromatic N) is 5. The van der Waals surface area contributed by atoms with E-state index in [2.05, 4.69) is 35.3 Å². The molecule has 0 aliphatic rings. The molecule has 10 nitrogen and oxygen atoms in total. The minimum atomic E-state index is -3.74. The van der Waals surface area contributed by atoms with E-state index < -0.39 is 10.0 Å². The van der Waals surface area contributed by atoms with Crippen molar-refractivity contribution < 1.29 is 8.42 Å². The highest BCUT2D eigenvalue weighted by Crippen LogP contribution is 2.21. The van der Waals surface area contributed by atoms with Crippen LogP contribution in [-0.2, 0) is 17.1 Å². The summed E-state index contributed by atoms with van der Waals surface area (Å²) in [5.41, 5.74) is 1.16. The second-order valence-electron chi connectivity index (χ2n) is 6.31. The highest BCUT2D eigenvalue weighted by Gasteiger charge is 2.17. The first kappa shape index (κ1) is 19.3. The van der Waals surface area contributed by atoms with Crippen molar-refractivity contribution in [2.24, 2.45) is 7.05 Å². The third-order valence-corrected chi connectivity index (χ3v) is 5.22. The Balaban J connectivity index is 1.43. The number of aromatic nitrogens is 5. The smallest absolute Gasteiger partial charge is 0.280 e. The van der Waals surface area contributed by atoms with Gasteiger partial charge in [0.25, 0.3) is 10.0 Å². The average Bonchev–Trinajstić information content (AvgIpc) is 3.18. The number of aryl methyl sites for hydroxylation is 1. The van der Waals surface area contributed by atoms with Crippen LogP contribution in [0.3, 0.4) is 0 Å². The Bertz CT molecular complexity index is 1240. The lowest BCUT2D eigenvalue weighted by Gasteiger charge is -2.10. The zero-order valence-corrected chi connectivity index (χ0v) is 16.7. The van der Waals surface area contributed by atoms with E-state index in [1.54, 1.807) is 48.1 Å². The van der Waals surface area contributed by atoms with Gasteiger partial charge in [-0.25, -0.2) is 19.9 Å². The molecule has 4 aromatic rings. The monoisotopic (exact) mass is 422 g/mol. The van der Waals surface area contributed by atoms with E-state index in [4.69, 9.17) is 0 Å². The molecule has 4 rings (SSSR count). The van der Waals surface area contributed by atoms with Gasteiger partial charge < -0.3 is 15.2 Å². The Kier molecular flexibility index (Phi) is 5.26. The molecule has 1 aromatic carbocycles. The first-order valence-electron chi connectivity index (χ1n) is 8.86. The van der Waals surface area contributed by atoms with Crippen molar-refractivity contribution in [1.29, 1.82) is 0 Å². The van der Waals surface area contributed by atoms with Crippen LogP contribution in [0.25, 0.3) is 0 Å². The Labute approximate surface area is 173 Å². The van der Waals surface area contributed by atoms with Gasteiger partial charge in [0.2, 0.25) is 0 Å². The van der Waals surface area contributed by atoms with Crippen LogP contribution in [0.4, 0.5) is 28.8 Å². The summed E-state index contributed by atoms with van der Waals surface area (Å²) in [5, 5.41) is 6.21. The van der Waals surface area contributed by atoms with Crippen molar-refractivity contribution in [2.75, 3.05) is 15.4 Å². The Morgan fingerprint density at radius 3 is 2.23 bits per heavy atom. The fraction of sp³-hybridized carbons (Fsp3) is 0.0526. The van der Waals surface area contributed by atoms with Gasteiger partial charge in [-0.2, -0.15) is 8.42 Å². The van der Waals surface area contributed by atoms with Gasteiger partial charge in [-0.1, -0.05) is 6.07 Å². The molecule has 0 aliphatic carbocycles. The van der Waals surface area contributed by atoms with Crippen LogP contribution < -0.4 is 15.4 Å². The van der Waals surface area contributed by atoms with E-state index in [0.717, 1.165) is 5.69 Å². The fourth-order valence-electron chi connectivity index (χ4n) is 2.57. The van der Waals surface area contributed by atoms with Crippen molar-refractivity contribution >= 4 is 38.9 Å². The van der Waals surface area contributed by atoms with Gasteiger partial charge >= 0.3 is 0 Å². The van der Waals surface area contributed by atoms with E-state index in [1.165, 1.54) is 18.9 Å². The maximum Gasteiger partial charge on any atom is 0.280 e. The summed E-state index contributed by atoms with van der Waals surface area (Å²) in [6, 6.07) is 14.1. The second kappa shape index (κ2) is 8.17. The molecule has 0 fully saturated rings. The lowest BCUT2D eigenvalue weighted by molar-refractivity contribution is 0.598. The summed E-state index contributed by atoms with van der Waals surface area (Å²) in [7, 11) is -2.03. The number of nitrogens with one attached hydrogen (secondary N) is 3. The van der Waals surface area contributed by atoms with E-state index in [0.29, 0.717) is 23.1 Å². The predicted molar refractivity (Wildman–Crippen MR) is 113 cm³/mol. The molecule has 0 saturated heterocycles. The maximum atomic E-state index is 12.3. The van der Waals surface area contributed by atoms with Gasteiger partial charge in [-0.05, 0) is 36.4 Å². The molecule has 152 valence electrons. The topological polar surface area (TPSA) is 127 Å². The lowest BCUT2D eigenvalue weighted by Crippen LogP contribution is -2.13. The van der Waals surface area contributed by atoms with Crippen LogP contribution in [-0.4, -0.2) is 32.9 Å². The first-order valence-corrected chi connectivity index (χ1v) is 10.3. The van der Waals surface area contributed by atoms with Crippen molar-refractivity contribution in [3.63, 3.8) is 0 Å². The van der Waals surface area contributed by atoms with Crippen LogP contribution in [0.15, 0.2) is 78.6 Å². The number of imidazole rings is 1. The van der Waals surface area contributed by atoms with Gasteiger partial charge in [0.1, 0.15) is 23.8 Å². The molecular weight excluding hydrogens is 404 g/mol. The number of anilines is 5. The fourth-order valence-corrected chi connectivity index (χ4v) is 3.61. The number of rotatable bonds is 7. The third kappa shape index (κ3) is 4.70. The summed E-state index contributed by atoms with van der Waals surface area (Å²) in [5.74, 6) is 1.84. The van der Waals surface area contributed by atoms with Crippen molar-refractivity contribution in [1.82, 2.24) is 24.5 Å². The van der Waals surface area contributed by atoms with Crippen molar-refractivity contribution in [2.45, 2.75) is 5.03 Å². The van der Waals surface area contributed by atoms with Crippen molar-refractivity contribution in [3.05, 3.63) is 73.6 Å². The molecule has 11 heteroatoms. The lowest BCUT2D eigenvalue weighted by atomic mass is 10.3. The molecule has 0 saturated carbocycles. The van der Waals surface area contributed by atoms with Crippen LogP contribution in [0, 0.1) is 0 Å². The normalized spacial score (nSPS) is 11.1. The molecular formula is C19H18N8O2S. The first-order chi connectivity index (χ1) is 14.5. The SMILES string of the molecule is Cn1cnc(S(=O)(=O)Nc2ccc(Nc3cc(Nc4ccccn4)ncn3)cc2)c1. The molecule has 0 radical (unpaired) electrons. The zero-order chi connectivity index (χ0) is 21.0. The standard InChI is InChI=1S/C19H18N8O2S/c1-27-11-19(23-13-27)30(28,29)26-15-7-5-14(6-8-15)24-17-10-18(22-12-21-17)25-16-4-2-3-9-20-16/h2-13,26H,1H3,(H2,20,21,22,24,25). The number of hydrogen-bond donors (Lipinski definition) is 3. The molecule has 0 aliphatic heterocycles. The summed E-state index contributed by atoms with van der Waals surface area (Å²) in [4.78, 5) is 16.4. The van der Waals surface area contributed by atoms with Gasteiger partial charge in [0, 0.05) is 36.9 Å². The largest absolute Gasteiger partial charge is 0.340 e. The molecule has 0 spiro atoms. The molecule has 3 aromatic heterocycles. The highest BCUT2D eigenvalue weighted by atomic mass is 32.2. The summed E-state index contributed by atoms with van der Waals surface area (Å²) in [6.07, 6.45) is 5.99. The quantitative estimate of drug-likeness (QED) is 0.415. The average molecular weight is 422 g/mol. The summed E-state index contributed by atoms with van der Waals surface area (Å²) in [6.45, 7) is 0. The van der Waals surface area contributed by atoms with Crippen molar-refractivity contribution in [3.8, 4) is 0 Å². The highest BCUT2D eigenvalue weighted by molar-refractivity contribution is 7.92. The maximum absolute atomic E-state index is 12.3. The van der Waals surface area contributed by atoms with E-state index in [1.807, 2.05) is 18.2 Å². The Morgan fingerprint density at radius 2 is 1.57 bits per heavy atom. The van der Waals surface area contributed by atoms with Crippen LogP contribution in [0.5, 0.6) is 0 Å². The Morgan fingerprint density at radius 1 is 0.833 bits per heavy atom. The van der Waals surface area contributed by atoms with Crippen LogP contribution in [0.2, 0.25) is 0 Å². The molecule has 0 unspecified atom stereocenters. The summed E-state index contributed by atoms with van der Waals surface area (Å²) >= 11 is 0. The molecule has 0 bridgehead atoms. The Hall–Kier alpha value is -3.99. The molecule has 3 heterocycles. The molecule has 30 heavy (non-hydrogen) atoms. The predicted octanol–water partition coefficient (Wildman–Crippen LogP) is 2.89. The summed E-state index contributed by atoms with van der Waals surface area (Å²) < 4.78 is 28.8. The van der Waals surface area contributed by atoms with Gasteiger partial charge in [0.05, 0.1) is 6.33 Å².